The minimum Gasteiger partial charge on any atom is -0.314 e. The van der Waals surface area contributed by atoms with Crippen LogP contribution >= 0.6 is 12.4 Å². The number of sulfonamides is 1. The number of nitrogens with zero attached hydrogens (tertiary/aromatic N) is 1. The SMILES string of the molecule is CS(=O)(=O)NCCN1CCNCC1c1cccc(F)c1.Cl. The third-order valence-corrected chi connectivity index (χ3v) is 4.08. The van der Waals surface area contributed by atoms with E-state index < -0.39 is 10.0 Å². The molecule has 0 aromatic heterocycles. The van der Waals surface area contributed by atoms with E-state index in [9.17, 15) is 12.8 Å². The summed E-state index contributed by atoms with van der Waals surface area (Å²) in [7, 11) is -3.17. The number of benzene rings is 1. The Morgan fingerprint density at radius 3 is 2.90 bits per heavy atom. The van der Waals surface area contributed by atoms with Crippen molar-refractivity contribution >= 4 is 22.4 Å². The second-order valence-corrected chi connectivity index (χ2v) is 6.81. The summed E-state index contributed by atoms with van der Waals surface area (Å²) >= 11 is 0. The van der Waals surface area contributed by atoms with Gasteiger partial charge in [-0.05, 0) is 17.7 Å². The first-order chi connectivity index (χ1) is 9.46. The van der Waals surface area contributed by atoms with Crippen LogP contribution in [0.5, 0.6) is 0 Å². The van der Waals surface area contributed by atoms with E-state index in [0.717, 1.165) is 31.5 Å². The van der Waals surface area contributed by atoms with E-state index in [1.165, 1.54) is 12.1 Å². The zero-order chi connectivity index (χ0) is 14.6. The molecule has 1 aliphatic rings. The topological polar surface area (TPSA) is 61.4 Å². The Morgan fingerprint density at radius 1 is 1.48 bits per heavy atom. The van der Waals surface area contributed by atoms with Gasteiger partial charge in [0.15, 0.2) is 0 Å². The summed E-state index contributed by atoms with van der Waals surface area (Å²) in [5.74, 6) is -0.248. The second-order valence-electron chi connectivity index (χ2n) is 4.98. The molecular formula is C13H21ClFN3O2S. The van der Waals surface area contributed by atoms with E-state index in [-0.39, 0.29) is 24.3 Å². The summed E-state index contributed by atoms with van der Waals surface area (Å²) in [5.41, 5.74) is 0.913. The quantitative estimate of drug-likeness (QED) is 0.832. The fourth-order valence-corrected chi connectivity index (χ4v) is 2.89. The molecule has 0 spiro atoms. The van der Waals surface area contributed by atoms with Gasteiger partial charge in [0.25, 0.3) is 0 Å². The van der Waals surface area contributed by atoms with E-state index in [2.05, 4.69) is 14.9 Å². The molecule has 1 aromatic rings. The first-order valence-corrected chi connectivity index (χ1v) is 8.50. The zero-order valence-corrected chi connectivity index (χ0v) is 13.5. The number of halogens is 2. The molecule has 21 heavy (non-hydrogen) atoms. The van der Waals surface area contributed by atoms with Crippen LogP contribution in [0, 0.1) is 5.82 Å². The number of hydrogen-bond donors (Lipinski definition) is 2. The van der Waals surface area contributed by atoms with Crippen LogP contribution in [0.4, 0.5) is 4.39 Å². The molecule has 2 rings (SSSR count). The fraction of sp³-hybridized carbons (Fsp3) is 0.538. The average molecular weight is 338 g/mol. The molecule has 120 valence electrons. The molecule has 1 unspecified atom stereocenters. The summed E-state index contributed by atoms with van der Waals surface area (Å²) in [5, 5.41) is 3.29. The van der Waals surface area contributed by atoms with Crippen LogP contribution in [0.2, 0.25) is 0 Å². The Bertz CT molecular complexity index is 556. The molecule has 0 saturated carbocycles. The molecule has 1 fully saturated rings. The minimum atomic E-state index is -3.17. The van der Waals surface area contributed by atoms with Crippen LogP contribution in [0.1, 0.15) is 11.6 Å². The molecular weight excluding hydrogens is 317 g/mol. The largest absolute Gasteiger partial charge is 0.314 e. The van der Waals surface area contributed by atoms with Gasteiger partial charge in [0.05, 0.1) is 6.26 Å². The molecule has 5 nitrogen and oxygen atoms in total. The van der Waals surface area contributed by atoms with Crippen LogP contribution in [0.3, 0.4) is 0 Å². The highest BCUT2D eigenvalue weighted by Crippen LogP contribution is 2.22. The Labute approximate surface area is 131 Å². The van der Waals surface area contributed by atoms with Gasteiger partial charge >= 0.3 is 0 Å². The maximum Gasteiger partial charge on any atom is 0.208 e. The van der Waals surface area contributed by atoms with Gasteiger partial charge in [0.2, 0.25) is 10.0 Å². The Kier molecular flexibility index (Phi) is 7.02. The lowest BCUT2D eigenvalue weighted by molar-refractivity contribution is 0.165. The lowest BCUT2D eigenvalue weighted by atomic mass is 10.0. The number of piperazine rings is 1. The van der Waals surface area contributed by atoms with E-state index >= 15 is 0 Å². The maximum absolute atomic E-state index is 13.3. The number of rotatable bonds is 5. The van der Waals surface area contributed by atoms with E-state index in [1.54, 1.807) is 6.07 Å². The molecule has 0 amide bonds. The smallest absolute Gasteiger partial charge is 0.208 e. The van der Waals surface area contributed by atoms with E-state index in [4.69, 9.17) is 0 Å². The lowest BCUT2D eigenvalue weighted by Gasteiger charge is -2.36. The van der Waals surface area contributed by atoms with Crippen molar-refractivity contribution in [1.29, 1.82) is 0 Å². The monoisotopic (exact) mass is 337 g/mol. The second kappa shape index (κ2) is 8.05. The molecule has 1 atom stereocenters. The van der Waals surface area contributed by atoms with Gasteiger partial charge in [0.1, 0.15) is 5.82 Å². The van der Waals surface area contributed by atoms with Crippen molar-refractivity contribution in [3.05, 3.63) is 35.6 Å². The van der Waals surface area contributed by atoms with E-state index in [0.29, 0.717) is 13.1 Å². The highest BCUT2D eigenvalue weighted by Gasteiger charge is 2.23. The summed E-state index contributed by atoms with van der Waals surface area (Å²) in [4.78, 5) is 2.17. The summed E-state index contributed by atoms with van der Waals surface area (Å²) in [6.07, 6.45) is 1.15. The highest BCUT2D eigenvalue weighted by atomic mass is 35.5. The van der Waals surface area contributed by atoms with Crippen LogP contribution in [0.15, 0.2) is 24.3 Å². The molecule has 1 saturated heterocycles. The Morgan fingerprint density at radius 2 is 2.24 bits per heavy atom. The van der Waals surface area contributed by atoms with Gasteiger partial charge in [-0.2, -0.15) is 0 Å². The number of nitrogens with one attached hydrogen (secondary N) is 2. The van der Waals surface area contributed by atoms with Gasteiger partial charge in [-0.25, -0.2) is 17.5 Å². The first kappa shape index (κ1) is 18.3. The van der Waals surface area contributed by atoms with Crippen molar-refractivity contribution in [3.8, 4) is 0 Å². The highest BCUT2D eigenvalue weighted by molar-refractivity contribution is 7.88. The van der Waals surface area contributed by atoms with Crippen LogP contribution in [-0.2, 0) is 10.0 Å². The van der Waals surface area contributed by atoms with Crippen LogP contribution in [0.25, 0.3) is 0 Å². The summed E-state index contributed by atoms with van der Waals surface area (Å²) in [6.45, 7) is 3.38. The predicted octanol–water partition coefficient (Wildman–Crippen LogP) is 0.743. The molecule has 0 bridgehead atoms. The van der Waals surface area contributed by atoms with Gasteiger partial charge in [-0.1, -0.05) is 12.1 Å². The third-order valence-electron chi connectivity index (χ3n) is 3.35. The molecule has 8 heteroatoms. The zero-order valence-electron chi connectivity index (χ0n) is 11.9. The molecule has 1 aliphatic heterocycles. The Hall–Kier alpha value is -0.730. The normalized spacial score (nSPS) is 20.0. The maximum atomic E-state index is 13.3. The predicted molar refractivity (Wildman–Crippen MR) is 83.7 cm³/mol. The summed E-state index contributed by atoms with van der Waals surface area (Å²) in [6, 6.07) is 6.63. The molecule has 0 aliphatic carbocycles. The van der Waals surface area contributed by atoms with Crippen molar-refractivity contribution in [3.63, 3.8) is 0 Å². The lowest BCUT2D eigenvalue weighted by Crippen LogP contribution is -2.48. The van der Waals surface area contributed by atoms with E-state index in [1.807, 2.05) is 6.07 Å². The van der Waals surface area contributed by atoms with Crippen LogP contribution in [-0.4, -0.2) is 52.3 Å². The first-order valence-electron chi connectivity index (χ1n) is 6.60. The molecule has 1 heterocycles. The van der Waals surface area contributed by atoms with Gasteiger partial charge in [0, 0.05) is 38.8 Å². The Balaban J connectivity index is 0.00000220. The van der Waals surface area contributed by atoms with Crippen molar-refractivity contribution in [1.82, 2.24) is 14.9 Å². The van der Waals surface area contributed by atoms with Gasteiger partial charge in [-0.15, -0.1) is 12.4 Å². The van der Waals surface area contributed by atoms with Crippen molar-refractivity contribution < 1.29 is 12.8 Å². The average Bonchev–Trinajstić information content (AvgIpc) is 2.38. The standard InChI is InChI=1S/C13H20FN3O2S.ClH/c1-20(18,19)16-6-8-17-7-5-15-10-13(17)11-3-2-4-12(14)9-11;/h2-4,9,13,15-16H,5-8,10H2,1H3;1H. The molecule has 1 aromatic carbocycles. The molecule has 2 N–H and O–H groups in total. The van der Waals surface area contributed by atoms with Crippen molar-refractivity contribution in [2.45, 2.75) is 6.04 Å². The van der Waals surface area contributed by atoms with Crippen molar-refractivity contribution in [2.24, 2.45) is 0 Å². The van der Waals surface area contributed by atoms with Gasteiger partial charge in [-0.3, -0.25) is 4.90 Å². The molecule has 0 radical (unpaired) electrons. The van der Waals surface area contributed by atoms with Crippen molar-refractivity contribution in [2.75, 3.05) is 39.0 Å². The summed E-state index contributed by atoms with van der Waals surface area (Å²) < 4.78 is 38.0. The minimum absolute atomic E-state index is 0. The van der Waals surface area contributed by atoms with Crippen LogP contribution < -0.4 is 10.0 Å². The van der Waals surface area contributed by atoms with Gasteiger partial charge < -0.3 is 5.32 Å². The third kappa shape index (κ3) is 5.88. The fourth-order valence-electron chi connectivity index (χ4n) is 2.43. The number of hydrogen-bond acceptors (Lipinski definition) is 4.